The Hall–Kier alpha value is -2.13. The van der Waals surface area contributed by atoms with Crippen LogP contribution < -0.4 is 4.90 Å². The maximum Gasteiger partial charge on any atom is 0.200 e. The quantitative estimate of drug-likeness (QED) is 0.699. The normalized spacial score (nSPS) is 21.6. The van der Waals surface area contributed by atoms with Crippen molar-refractivity contribution in [3.8, 4) is 0 Å². The maximum atomic E-state index is 14.0. The highest BCUT2D eigenvalue weighted by Gasteiger charge is 2.33. The Morgan fingerprint density at radius 1 is 1.38 bits per heavy atom. The minimum Gasteiger partial charge on any atom is -0.357 e. The summed E-state index contributed by atoms with van der Waals surface area (Å²) in [5.74, 6) is 0.771. The first-order chi connectivity index (χ1) is 11.7. The van der Waals surface area contributed by atoms with Crippen LogP contribution in [0.2, 0.25) is 0 Å². The second kappa shape index (κ2) is 6.40. The first-order valence-electron chi connectivity index (χ1n) is 7.86. The zero-order chi connectivity index (χ0) is 16.5. The van der Waals surface area contributed by atoms with Crippen molar-refractivity contribution in [3.63, 3.8) is 0 Å². The first-order valence-corrected chi connectivity index (χ1v) is 8.74. The van der Waals surface area contributed by atoms with Crippen LogP contribution >= 0.6 is 11.3 Å². The molecule has 3 aromatic rings. The largest absolute Gasteiger partial charge is 0.357 e. The number of thiophene rings is 1. The Morgan fingerprint density at radius 3 is 3.12 bits per heavy atom. The van der Waals surface area contributed by atoms with E-state index in [1.54, 1.807) is 11.3 Å². The molecular weight excluding hydrogens is 329 g/mol. The lowest BCUT2D eigenvalue weighted by Crippen LogP contribution is -2.38. The van der Waals surface area contributed by atoms with Crippen molar-refractivity contribution in [2.24, 2.45) is 0 Å². The Kier molecular flexibility index (Phi) is 4.11. The van der Waals surface area contributed by atoms with E-state index in [4.69, 9.17) is 0 Å². The van der Waals surface area contributed by atoms with Gasteiger partial charge < -0.3 is 4.90 Å². The van der Waals surface area contributed by atoms with Crippen LogP contribution in [0.1, 0.15) is 11.3 Å². The fourth-order valence-corrected chi connectivity index (χ4v) is 3.89. The van der Waals surface area contributed by atoms with Gasteiger partial charge in [-0.15, -0.1) is 26.2 Å². The maximum absolute atomic E-state index is 14.0. The fourth-order valence-electron chi connectivity index (χ4n) is 3.16. The van der Waals surface area contributed by atoms with Gasteiger partial charge in [0, 0.05) is 37.6 Å². The molecule has 2 atom stereocenters. The Bertz CT molecular complexity index is 805. The molecule has 0 unspecified atom stereocenters. The van der Waals surface area contributed by atoms with Gasteiger partial charge in [-0.3, -0.25) is 4.90 Å². The van der Waals surface area contributed by atoms with Crippen LogP contribution in [0, 0.1) is 0 Å². The number of tetrazole rings is 1. The van der Waals surface area contributed by atoms with Gasteiger partial charge in [0.05, 0.1) is 0 Å². The molecule has 126 valence electrons. The van der Waals surface area contributed by atoms with E-state index in [0.717, 1.165) is 12.4 Å². The molecule has 0 amide bonds. The minimum absolute atomic E-state index is 0.165. The summed E-state index contributed by atoms with van der Waals surface area (Å²) < 4.78 is 15.4. The molecule has 7 nitrogen and oxygen atoms in total. The molecule has 0 bridgehead atoms. The van der Waals surface area contributed by atoms with Crippen molar-refractivity contribution in [1.82, 2.24) is 30.2 Å². The third kappa shape index (κ3) is 3.09. The highest BCUT2D eigenvalue weighted by Crippen LogP contribution is 2.25. The van der Waals surface area contributed by atoms with Crippen LogP contribution in [0.4, 0.5) is 10.2 Å². The van der Waals surface area contributed by atoms with Crippen LogP contribution in [-0.4, -0.2) is 62.5 Å². The molecule has 4 heterocycles. The van der Waals surface area contributed by atoms with Crippen molar-refractivity contribution in [2.75, 3.05) is 25.0 Å². The third-order valence-electron chi connectivity index (χ3n) is 4.35. The standard InChI is InChI=1S/C15H18FN7S/c1-21(15-5-4-14-17-19-20-23(14)18-15)9-12-7-11(16)8-22(12)10-13-3-2-6-24-13/h2-6,11-12H,7-10H2,1H3/t11-,12-/m0/s1. The molecule has 0 radical (unpaired) electrons. The summed E-state index contributed by atoms with van der Waals surface area (Å²) in [5, 5.41) is 17.7. The predicted octanol–water partition coefficient (Wildman–Crippen LogP) is 1.63. The molecule has 1 saturated heterocycles. The van der Waals surface area contributed by atoms with E-state index >= 15 is 0 Å². The zero-order valence-electron chi connectivity index (χ0n) is 13.3. The van der Waals surface area contributed by atoms with Crippen LogP contribution in [0.15, 0.2) is 29.6 Å². The van der Waals surface area contributed by atoms with Gasteiger partial charge >= 0.3 is 0 Å². The van der Waals surface area contributed by atoms with Gasteiger partial charge in [-0.1, -0.05) is 6.07 Å². The third-order valence-corrected chi connectivity index (χ3v) is 5.21. The van der Waals surface area contributed by atoms with Crippen molar-refractivity contribution in [1.29, 1.82) is 0 Å². The summed E-state index contributed by atoms with van der Waals surface area (Å²) in [4.78, 5) is 5.53. The number of aromatic nitrogens is 5. The van der Waals surface area contributed by atoms with Gasteiger partial charge in [-0.05, 0) is 40.4 Å². The molecule has 0 aromatic carbocycles. The molecule has 3 aromatic heterocycles. The summed E-state index contributed by atoms with van der Waals surface area (Å²) in [6.07, 6.45) is -0.207. The van der Waals surface area contributed by atoms with E-state index in [1.807, 2.05) is 30.1 Å². The molecule has 4 rings (SSSR count). The molecule has 1 aliphatic rings. The SMILES string of the molecule is CN(C[C@@H]1C[C@H](F)CN1Cc1cccs1)c1ccc2nnnn2n1. The van der Waals surface area contributed by atoms with Crippen LogP contribution in [-0.2, 0) is 6.54 Å². The number of halogens is 1. The lowest BCUT2D eigenvalue weighted by atomic mass is 10.2. The molecule has 0 saturated carbocycles. The first kappa shape index (κ1) is 15.4. The molecule has 1 fully saturated rings. The fraction of sp³-hybridized carbons (Fsp3) is 0.467. The highest BCUT2D eigenvalue weighted by atomic mass is 32.1. The van der Waals surface area contributed by atoms with Gasteiger partial charge in [-0.25, -0.2) is 4.39 Å². The van der Waals surface area contributed by atoms with Crippen molar-refractivity contribution in [2.45, 2.75) is 25.2 Å². The minimum atomic E-state index is -0.765. The van der Waals surface area contributed by atoms with E-state index in [2.05, 4.69) is 37.0 Å². The number of rotatable bonds is 5. The Labute approximate surface area is 142 Å². The number of hydrogen-bond donors (Lipinski definition) is 0. The number of anilines is 1. The average Bonchev–Trinajstić information content (AvgIpc) is 3.29. The van der Waals surface area contributed by atoms with Gasteiger partial charge in [0.25, 0.3) is 0 Å². The summed E-state index contributed by atoms with van der Waals surface area (Å²) in [5.41, 5.74) is 0.608. The second-order valence-corrected chi connectivity index (χ2v) is 7.13. The summed E-state index contributed by atoms with van der Waals surface area (Å²) >= 11 is 1.72. The second-order valence-electron chi connectivity index (χ2n) is 6.09. The molecule has 0 N–H and O–H groups in total. The summed E-state index contributed by atoms with van der Waals surface area (Å²) in [6, 6.07) is 8.02. The molecule has 9 heteroatoms. The van der Waals surface area contributed by atoms with E-state index in [-0.39, 0.29) is 6.04 Å². The number of likely N-dealkylation sites (tertiary alicyclic amines) is 1. The lowest BCUT2D eigenvalue weighted by Gasteiger charge is -2.28. The van der Waals surface area contributed by atoms with Crippen molar-refractivity contribution >= 4 is 22.8 Å². The molecule has 24 heavy (non-hydrogen) atoms. The molecule has 0 spiro atoms. The van der Waals surface area contributed by atoms with Crippen LogP contribution in [0.3, 0.4) is 0 Å². The van der Waals surface area contributed by atoms with Crippen LogP contribution in [0.5, 0.6) is 0 Å². The van der Waals surface area contributed by atoms with Gasteiger partial charge in [0.15, 0.2) is 11.5 Å². The zero-order valence-corrected chi connectivity index (χ0v) is 14.1. The van der Waals surface area contributed by atoms with Crippen molar-refractivity contribution in [3.05, 3.63) is 34.5 Å². The van der Waals surface area contributed by atoms with E-state index in [1.165, 1.54) is 9.51 Å². The summed E-state index contributed by atoms with van der Waals surface area (Å²) in [7, 11) is 1.97. The highest BCUT2D eigenvalue weighted by molar-refractivity contribution is 7.09. The predicted molar refractivity (Wildman–Crippen MR) is 89.9 cm³/mol. The number of alkyl halides is 1. The average molecular weight is 347 g/mol. The molecule has 0 aliphatic carbocycles. The van der Waals surface area contributed by atoms with E-state index in [9.17, 15) is 4.39 Å². The lowest BCUT2D eigenvalue weighted by molar-refractivity contribution is 0.239. The number of fused-ring (bicyclic) bond motifs is 1. The summed E-state index contributed by atoms with van der Waals surface area (Å²) in [6.45, 7) is 2.01. The Morgan fingerprint density at radius 2 is 2.29 bits per heavy atom. The van der Waals surface area contributed by atoms with Crippen LogP contribution in [0.25, 0.3) is 5.65 Å². The number of hydrogen-bond acceptors (Lipinski definition) is 7. The van der Waals surface area contributed by atoms with Gasteiger partial charge in [0.1, 0.15) is 6.17 Å². The number of nitrogens with zero attached hydrogens (tertiary/aromatic N) is 7. The molecular formula is C15H18FN7S. The monoisotopic (exact) mass is 347 g/mol. The molecule has 1 aliphatic heterocycles. The van der Waals surface area contributed by atoms with Gasteiger partial charge in [0.2, 0.25) is 0 Å². The Balaban J connectivity index is 1.47. The van der Waals surface area contributed by atoms with Gasteiger partial charge in [-0.2, -0.15) is 0 Å². The smallest absolute Gasteiger partial charge is 0.200 e. The number of likely N-dealkylation sites (N-methyl/N-ethyl adjacent to an activating group) is 1. The van der Waals surface area contributed by atoms with E-state index in [0.29, 0.717) is 25.2 Å². The van der Waals surface area contributed by atoms with Crippen molar-refractivity contribution < 1.29 is 4.39 Å². The van der Waals surface area contributed by atoms with E-state index < -0.39 is 6.17 Å². The topological polar surface area (TPSA) is 62.5 Å².